The third-order valence-electron chi connectivity index (χ3n) is 0.172. The van der Waals surface area contributed by atoms with Crippen LogP contribution < -0.4 is 33.7 Å². The molecule has 0 rings (SSSR count). The molecule has 0 unspecified atom stereocenters. The predicted molar refractivity (Wildman–Crippen MR) is 11.9 cm³/mol. The number of rotatable bonds is 2. The molecule has 15 heteroatoms. The van der Waals surface area contributed by atoms with Crippen molar-refractivity contribution in [2.75, 3.05) is 0 Å². The first-order valence-electron chi connectivity index (χ1n) is 2.05. The van der Waals surface area contributed by atoms with Gasteiger partial charge in [-0.05, 0) is 0 Å². The van der Waals surface area contributed by atoms with Gasteiger partial charge in [0.25, 0.3) is 0 Å². The zero-order valence-electron chi connectivity index (χ0n) is 6.83. The number of hydrogen-bond donors (Lipinski definition) is 3. The van der Waals surface area contributed by atoms with Crippen molar-refractivity contribution in [3.8, 4) is 0 Å². The van der Waals surface area contributed by atoms with E-state index in [4.69, 9.17) is 24.2 Å². The normalized spacial score (nSPS) is 12.0. The van der Waals surface area contributed by atoms with Gasteiger partial charge in [0.1, 0.15) is 0 Å². The molecule has 0 atom stereocenters. The molecule has 0 saturated heterocycles. The van der Waals surface area contributed by atoms with Crippen molar-refractivity contribution < 1.29 is 113 Å². The molecule has 0 aromatic heterocycles. The van der Waals surface area contributed by atoms with Gasteiger partial charge in [-0.1, -0.05) is 0 Å². The Labute approximate surface area is 112 Å². The topological polar surface area (TPSA) is 195 Å². The molecule has 0 saturated carbocycles. The molecule has 11 nitrogen and oxygen atoms in total. The van der Waals surface area contributed by atoms with Crippen LogP contribution in [0.5, 0.6) is 0 Å². The van der Waals surface area contributed by atoms with E-state index in [9.17, 15) is 15.2 Å². The molecule has 0 spiro atoms. The average molecular weight is 358 g/mol. The fourth-order valence-electron chi connectivity index (χ4n) is 0.109. The zero-order valence-corrected chi connectivity index (χ0v) is 12.7. The standard InChI is InChI=1S/3Cr.Na.3H2O.8O/h;;;;3*1H2;;;;;;;;/q4*+1;;;;;;;;;;;-1/p-3. The molecule has 3 N–H and O–H groups in total. The van der Waals surface area contributed by atoms with E-state index in [-0.39, 0.29) is 29.6 Å². The van der Waals surface area contributed by atoms with Crippen LogP contribution in [0, 0.1) is 0 Å². The molecule has 0 amide bonds. The van der Waals surface area contributed by atoms with Gasteiger partial charge < -0.3 is 0 Å². The first-order chi connectivity index (χ1) is 5.71. The van der Waals surface area contributed by atoms with E-state index in [2.05, 4.69) is 2.84 Å². The second-order valence-electron chi connectivity index (χ2n) is 1.35. The van der Waals surface area contributed by atoms with Crippen molar-refractivity contribution in [2.24, 2.45) is 0 Å². The van der Waals surface area contributed by atoms with Gasteiger partial charge in [0, 0.05) is 0 Å². The fraction of sp³-hybridized carbons (Fsp3) is 0. The second-order valence-corrected chi connectivity index (χ2v) is 6.45. The van der Waals surface area contributed by atoms with Gasteiger partial charge in [-0.2, -0.15) is 0 Å². The first kappa shape index (κ1) is 21.5. The summed E-state index contributed by atoms with van der Waals surface area (Å²) in [4.78, 5) is 0. The molecule has 0 aliphatic rings. The van der Waals surface area contributed by atoms with Crippen LogP contribution in [0.3, 0.4) is 0 Å². The molecule has 0 bridgehead atoms. The van der Waals surface area contributed by atoms with Gasteiger partial charge in [0.05, 0.1) is 0 Å². The van der Waals surface area contributed by atoms with Crippen LogP contribution in [0.1, 0.15) is 0 Å². The molecule has 0 heterocycles. The summed E-state index contributed by atoms with van der Waals surface area (Å²) in [6, 6.07) is 0. The third-order valence-corrected chi connectivity index (χ3v) is 2.92. The Morgan fingerprint density at radius 3 is 0.933 bits per heavy atom. The molecule has 0 fully saturated rings. The van der Waals surface area contributed by atoms with Crippen LogP contribution in [0.15, 0.2) is 0 Å². The molecule has 0 aromatic rings. The van der Waals surface area contributed by atoms with E-state index in [0.29, 0.717) is 0 Å². The van der Waals surface area contributed by atoms with Gasteiger partial charge in [0.15, 0.2) is 0 Å². The van der Waals surface area contributed by atoms with Crippen LogP contribution in [-0.2, 0) is 66.5 Å². The summed E-state index contributed by atoms with van der Waals surface area (Å²) in [5.74, 6) is 0. The summed E-state index contributed by atoms with van der Waals surface area (Å²) in [7, 11) is 0. The maximum atomic E-state index is 9.53. The molecule has 0 aromatic carbocycles. The molecule has 88 valence electrons. The quantitative estimate of drug-likeness (QED) is 0.397. The Morgan fingerprint density at radius 1 is 0.800 bits per heavy atom. The summed E-state index contributed by atoms with van der Waals surface area (Å²) in [6.45, 7) is 0. The van der Waals surface area contributed by atoms with Gasteiger partial charge in [-0.15, -0.1) is 0 Å². The minimum atomic E-state index is -5.76. The van der Waals surface area contributed by atoms with Crippen LogP contribution in [0.25, 0.3) is 0 Å². The zero-order chi connectivity index (χ0) is 12.2. The average Bonchev–Trinajstić information content (AvgIpc) is 1.42. The predicted octanol–water partition coefficient (Wildman–Crippen LogP) is -6.64. The van der Waals surface area contributed by atoms with E-state index in [1.807, 2.05) is 0 Å². The molecule has 0 aliphatic heterocycles. The Kier molecular flexibility index (Phi) is 10.8. The van der Waals surface area contributed by atoms with Crippen molar-refractivity contribution >= 4 is 0 Å². The van der Waals surface area contributed by atoms with Gasteiger partial charge in [-0.25, -0.2) is 0 Å². The fourth-order valence-corrected chi connectivity index (χ4v) is 1.85. The van der Waals surface area contributed by atoms with E-state index in [1.165, 1.54) is 0 Å². The van der Waals surface area contributed by atoms with Crippen LogP contribution in [-0.4, -0.2) is 12.5 Å². The molecular formula is H3Cr3NaO11. The molecule has 0 aliphatic carbocycles. The van der Waals surface area contributed by atoms with E-state index >= 15 is 0 Å². The SMILES string of the molecule is [Na+].[O]=[Cr](=[O])([O-])[OH].[O]=[Cr](=[O])([OH])[O][Cr](=[O])(=[O])[OH]. The van der Waals surface area contributed by atoms with Crippen molar-refractivity contribution in [1.29, 1.82) is 0 Å². The van der Waals surface area contributed by atoms with Crippen molar-refractivity contribution in [1.82, 2.24) is 0 Å². The summed E-state index contributed by atoms with van der Waals surface area (Å²) in [5, 5.41) is 0. The van der Waals surface area contributed by atoms with Crippen molar-refractivity contribution in [2.45, 2.75) is 0 Å². The monoisotopic (exact) mass is 358 g/mol. The van der Waals surface area contributed by atoms with Crippen LogP contribution in [0.4, 0.5) is 0 Å². The Hall–Kier alpha value is 1.20. The summed E-state index contributed by atoms with van der Waals surface area (Å²) < 4.78 is 89.4. The Bertz CT molecular complexity index is 408. The number of hydrogen-bond acceptors (Lipinski definition) is 8. The summed E-state index contributed by atoms with van der Waals surface area (Å²) in [6.07, 6.45) is 0. The van der Waals surface area contributed by atoms with Gasteiger partial charge in [0.2, 0.25) is 0 Å². The van der Waals surface area contributed by atoms with Crippen molar-refractivity contribution in [3.05, 3.63) is 0 Å². The van der Waals surface area contributed by atoms with E-state index < -0.39 is 40.8 Å². The first-order valence-corrected chi connectivity index (χ1v) is 8.44. The minimum absolute atomic E-state index is 0. The van der Waals surface area contributed by atoms with Crippen molar-refractivity contribution in [3.63, 3.8) is 0 Å². The van der Waals surface area contributed by atoms with Gasteiger partial charge in [-0.3, -0.25) is 0 Å². The summed E-state index contributed by atoms with van der Waals surface area (Å²) >= 11 is -17.0. The third kappa shape index (κ3) is 51.1. The molecule has 15 heavy (non-hydrogen) atoms. The molecule has 0 radical (unpaired) electrons. The Morgan fingerprint density at radius 2 is 0.933 bits per heavy atom. The van der Waals surface area contributed by atoms with Crippen LogP contribution >= 0.6 is 0 Å². The van der Waals surface area contributed by atoms with Crippen LogP contribution in [0.2, 0.25) is 0 Å². The summed E-state index contributed by atoms with van der Waals surface area (Å²) in [5.41, 5.74) is 0. The van der Waals surface area contributed by atoms with E-state index in [1.54, 1.807) is 0 Å². The Balaban J connectivity index is -0.000000208. The maximum absolute atomic E-state index is 9.53. The second kappa shape index (κ2) is 7.51. The van der Waals surface area contributed by atoms with Gasteiger partial charge >= 0.3 is 113 Å². The van der Waals surface area contributed by atoms with E-state index in [0.717, 1.165) is 0 Å². The molecular weight excluding hydrogens is 355 g/mol.